The molecule has 4 nitrogen and oxygen atoms in total. The zero-order chi connectivity index (χ0) is 13.4. The molecule has 1 rings (SSSR count). The number of amides is 2. The van der Waals surface area contributed by atoms with E-state index in [0.717, 1.165) is 12.8 Å². The predicted octanol–water partition coefficient (Wildman–Crippen LogP) is 3.12. The minimum atomic E-state index is -0.202. The smallest absolute Gasteiger partial charge is 0.319 e. The summed E-state index contributed by atoms with van der Waals surface area (Å²) in [6.07, 6.45) is 2.13. The summed E-state index contributed by atoms with van der Waals surface area (Å²) < 4.78 is 0. The number of hydrogen-bond acceptors (Lipinski definition) is 2. The van der Waals surface area contributed by atoms with Gasteiger partial charge < -0.3 is 10.6 Å². The monoisotopic (exact) mass is 245 g/mol. The van der Waals surface area contributed by atoms with E-state index in [1.54, 1.807) is 24.3 Å². The van der Waals surface area contributed by atoms with E-state index in [1.165, 1.54) is 0 Å². The topological polar surface area (TPSA) is 64.9 Å². The van der Waals surface area contributed by atoms with Crippen molar-refractivity contribution in [3.8, 4) is 6.07 Å². The van der Waals surface area contributed by atoms with Crippen molar-refractivity contribution in [1.29, 1.82) is 5.26 Å². The maximum atomic E-state index is 11.6. The molecule has 0 atom stereocenters. The number of carbonyl (C=O) groups is 1. The van der Waals surface area contributed by atoms with Gasteiger partial charge in [-0.3, -0.25) is 0 Å². The maximum absolute atomic E-state index is 11.6. The van der Waals surface area contributed by atoms with E-state index in [4.69, 9.17) is 5.26 Å². The summed E-state index contributed by atoms with van der Waals surface area (Å²) in [7, 11) is 0. The van der Waals surface area contributed by atoms with E-state index in [0.29, 0.717) is 23.7 Å². The Labute approximate surface area is 108 Å². The Kier molecular flexibility index (Phi) is 5.72. The van der Waals surface area contributed by atoms with Crippen LogP contribution < -0.4 is 10.6 Å². The zero-order valence-electron chi connectivity index (χ0n) is 10.9. The quantitative estimate of drug-likeness (QED) is 0.837. The lowest BCUT2D eigenvalue weighted by molar-refractivity contribution is 0.249. The number of nitrogens with one attached hydrogen (secondary N) is 2. The van der Waals surface area contributed by atoms with Crippen molar-refractivity contribution in [2.45, 2.75) is 26.7 Å². The molecule has 18 heavy (non-hydrogen) atoms. The molecule has 0 bridgehead atoms. The highest BCUT2D eigenvalue weighted by Gasteiger charge is 2.06. The van der Waals surface area contributed by atoms with Crippen LogP contribution in [0.25, 0.3) is 0 Å². The van der Waals surface area contributed by atoms with Gasteiger partial charge in [-0.1, -0.05) is 26.7 Å². The third kappa shape index (κ3) is 4.46. The fourth-order valence-electron chi connectivity index (χ4n) is 1.62. The van der Waals surface area contributed by atoms with Crippen LogP contribution in [0.3, 0.4) is 0 Å². The van der Waals surface area contributed by atoms with Crippen molar-refractivity contribution in [1.82, 2.24) is 5.32 Å². The first-order valence-electron chi connectivity index (χ1n) is 6.24. The molecular weight excluding hydrogens is 226 g/mol. The number of nitrogens with zero attached hydrogens (tertiary/aromatic N) is 1. The third-order valence-corrected chi connectivity index (χ3v) is 2.98. The molecule has 0 radical (unpaired) electrons. The average Bonchev–Trinajstić information content (AvgIpc) is 2.41. The SMILES string of the molecule is CCC(CC)CNC(=O)Nc1ccc(C#N)cc1. The van der Waals surface area contributed by atoms with Crippen LogP contribution in [-0.2, 0) is 0 Å². The molecule has 2 N–H and O–H groups in total. The molecule has 0 saturated heterocycles. The minimum Gasteiger partial charge on any atom is -0.338 e. The fourth-order valence-corrected chi connectivity index (χ4v) is 1.62. The standard InChI is InChI=1S/C14H19N3O/c1-3-11(4-2)10-16-14(18)17-13-7-5-12(9-15)6-8-13/h5-8,11H,3-4,10H2,1-2H3,(H2,16,17,18). The van der Waals surface area contributed by atoms with Crippen LogP contribution >= 0.6 is 0 Å². The molecule has 1 aromatic rings. The van der Waals surface area contributed by atoms with E-state index in [2.05, 4.69) is 24.5 Å². The Bertz CT molecular complexity index is 416. The summed E-state index contributed by atoms with van der Waals surface area (Å²) in [6, 6.07) is 8.62. The number of urea groups is 1. The fraction of sp³-hybridized carbons (Fsp3) is 0.429. The van der Waals surface area contributed by atoms with Gasteiger partial charge in [0.25, 0.3) is 0 Å². The number of rotatable bonds is 5. The Balaban J connectivity index is 2.42. The molecule has 0 aliphatic carbocycles. The Morgan fingerprint density at radius 3 is 2.39 bits per heavy atom. The Morgan fingerprint density at radius 2 is 1.89 bits per heavy atom. The van der Waals surface area contributed by atoms with Crippen LogP contribution in [0.15, 0.2) is 24.3 Å². The molecule has 0 heterocycles. The molecule has 0 fully saturated rings. The first-order chi connectivity index (χ1) is 8.69. The largest absolute Gasteiger partial charge is 0.338 e. The highest BCUT2D eigenvalue weighted by Crippen LogP contribution is 2.09. The second-order valence-corrected chi connectivity index (χ2v) is 4.21. The van der Waals surface area contributed by atoms with Gasteiger partial charge in [-0.05, 0) is 30.2 Å². The van der Waals surface area contributed by atoms with E-state index < -0.39 is 0 Å². The summed E-state index contributed by atoms with van der Waals surface area (Å²) in [6.45, 7) is 4.93. The lowest BCUT2D eigenvalue weighted by Gasteiger charge is -2.13. The van der Waals surface area contributed by atoms with E-state index in [-0.39, 0.29) is 6.03 Å². The highest BCUT2D eigenvalue weighted by atomic mass is 16.2. The number of carbonyl (C=O) groups excluding carboxylic acids is 1. The molecule has 0 spiro atoms. The first kappa shape index (κ1) is 14.0. The summed E-state index contributed by atoms with van der Waals surface area (Å²) >= 11 is 0. The number of nitriles is 1. The van der Waals surface area contributed by atoms with Crippen LogP contribution in [-0.4, -0.2) is 12.6 Å². The number of anilines is 1. The van der Waals surface area contributed by atoms with Gasteiger partial charge in [-0.2, -0.15) is 5.26 Å². The van der Waals surface area contributed by atoms with Crippen molar-refractivity contribution in [2.24, 2.45) is 5.92 Å². The van der Waals surface area contributed by atoms with Crippen LogP contribution in [0, 0.1) is 17.2 Å². The van der Waals surface area contributed by atoms with Crippen molar-refractivity contribution < 1.29 is 4.79 Å². The molecular formula is C14H19N3O. The first-order valence-corrected chi connectivity index (χ1v) is 6.24. The van der Waals surface area contributed by atoms with E-state index in [1.807, 2.05) is 6.07 Å². The number of hydrogen-bond donors (Lipinski definition) is 2. The molecule has 0 unspecified atom stereocenters. The molecule has 0 saturated carbocycles. The molecule has 0 aliphatic heterocycles. The van der Waals surface area contributed by atoms with E-state index >= 15 is 0 Å². The molecule has 4 heteroatoms. The van der Waals surface area contributed by atoms with Crippen LogP contribution in [0.1, 0.15) is 32.3 Å². The predicted molar refractivity (Wildman–Crippen MR) is 72.3 cm³/mol. The van der Waals surface area contributed by atoms with Gasteiger partial charge >= 0.3 is 6.03 Å². The second kappa shape index (κ2) is 7.33. The van der Waals surface area contributed by atoms with Crippen molar-refractivity contribution in [3.63, 3.8) is 0 Å². The van der Waals surface area contributed by atoms with Gasteiger partial charge in [0.15, 0.2) is 0 Å². The Morgan fingerprint density at radius 1 is 1.28 bits per heavy atom. The van der Waals surface area contributed by atoms with Crippen molar-refractivity contribution >= 4 is 11.7 Å². The van der Waals surface area contributed by atoms with Gasteiger partial charge in [0.05, 0.1) is 11.6 Å². The summed E-state index contributed by atoms with van der Waals surface area (Å²) in [4.78, 5) is 11.6. The lowest BCUT2D eigenvalue weighted by Crippen LogP contribution is -2.32. The highest BCUT2D eigenvalue weighted by molar-refractivity contribution is 5.89. The van der Waals surface area contributed by atoms with Gasteiger partial charge in [0.1, 0.15) is 0 Å². The van der Waals surface area contributed by atoms with E-state index in [9.17, 15) is 4.79 Å². The summed E-state index contributed by atoms with van der Waals surface area (Å²) in [5, 5.41) is 14.2. The molecule has 2 amide bonds. The normalized spacial score (nSPS) is 9.89. The molecule has 0 aliphatic rings. The average molecular weight is 245 g/mol. The third-order valence-electron chi connectivity index (χ3n) is 2.98. The molecule has 1 aromatic carbocycles. The second-order valence-electron chi connectivity index (χ2n) is 4.21. The summed E-state index contributed by atoms with van der Waals surface area (Å²) in [5.74, 6) is 0.525. The van der Waals surface area contributed by atoms with Crippen LogP contribution in [0.2, 0.25) is 0 Å². The Hall–Kier alpha value is -2.02. The van der Waals surface area contributed by atoms with Gasteiger partial charge in [-0.25, -0.2) is 4.79 Å². The minimum absolute atomic E-state index is 0.202. The van der Waals surface area contributed by atoms with Crippen molar-refractivity contribution in [2.75, 3.05) is 11.9 Å². The van der Waals surface area contributed by atoms with Gasteiger partial charge in [0, 0.05) is 12.2 Å². The summed E-state index contributed by atoms with van der Waals surface area (Å²) in [5.41, 5.74) is 1.27. The van der Waals surface area contributed by atoms with Gasteiger partial charge in [0.2, 0.25) is 0 Å². The molecule has 0 aromatic heterocycles. The molecule has 96 valence electrons. The lowest BCUT2D eigenvalue weighted by atomic mass is 10.0. The van der Waals surface area contributed by atoms with Crippen LogP contribution in [0.4, 0.5) is 10.5 Å². The van der Waals surface area contributed by atoms with Gasteiger partial charge in [-0.15, -0.1) is 0 Å². The van der Waals surface area contributed by atoms with Crippen molar-refractivity contribution in [3.05, 3.63) is 29.8 Å². The number of benzene rings is 1. The maximum Gasteiger partial charge on any atom is 0.319 e. The van der Waals surface area contributed by atoms with Crippen LogP contribution in [0.5, 0.6) is 0 Å². The zero-order valence-corrected chi connectivity index (χ0v) is 10.9.